The Bertz CT molecular complexity index is 647. The van der Waals surface area contributed by atoms with E-state index in [-0.39, 0.29) is 23.9 Å². The zero-order valence-corrected chi connectivity index (χ0v) is 20.5. The van der Waals surface area contributed by atoms with E-state index >= 15 is 0 Å². The second-order valence-corrected chi connectivity index (χ2v) is 9.45. The van der Waals surface area contributed by atoms with E-state index in [0.717, 1.165) is 31.2 Å². The minimum Gasteiger partial charge on any atom is -0.329 e. The molecule has 1 aromatic carbocycles. The van der Waals surface area contributed by atoms with Crippen LogP contribution in [0.2, 0.25) is 0 Å². The van der Waals surface area contributed by atoms with E-state index in [2.05, 4.69) is 60.7 Å². The second kappa shape index (κ2) is 12.6. The number of piperazine rings is 1. The van der Waals surface area contributed by atoms with E-state index in [1.807, 2.05) is 16.7 Å². The molecule has 5 heteroatoms. The normalized spacial score (nSPS) is 19.9. The highest BCUT2D eigenvalue weighted by Crippen LogP contribution is 2.23. The van der Waals surface area contributed by atoms with Gasteiger partial charge in [0.1, 0.15) is 12.1 Å². The highest BCUT2D eigenvalue weighted by Gasteiger charge is 2.43. The standard InChI is InChI=1S/C24H37IN2O2/c1-4-6-8-9-10-11-17-26-19(3)23(28)27(16-7-5-2)22(24(26)29)18-20-12-14-21(25)15-13-20/h12-15,19,22H,4-11,16-18H2,1-3H3/t19-,22+/m0/s1. The van der Waals surface area contributed by atoms with E-state index in [4.69, 9.17) is 0 Å². The Kier molecular flexibility index (Phi) is 10.5. The summed E-state index contributed by atoms with van der Waals surface area (Å²) in [6, 6.07) is 7.57. The van der Waals surface area contributed by atoms with Gasteiger partial charge < -0.3 is 9.80 Å². The Morgan fingerprint density at radius 1 is 0.793 bits per heavy atom. The van der Waals surface area contributed by atoms with Gasteiger partial charge in [-0.2, -0.15) is 0 Å². The van der Waals surface area contributed by atoms with Crippen LogP contribution in [0.1, 0.15) is 77.7 Å². The molecule has 29 heavy (non-hydrogen) atoms. The third kappa shape index (κ3) is 6.97. The van der Waals surface area contributed by atoms with Gasteiger partial charge in [0.2, 0.25) is 11.8 Å². The molecular weight excluding hydrogens is 475 g/mol. The second-order valence-electron chi connectivity index (χ2n) is 8.21. The molecule has 1 aromatic rings. The minimum atomic E-state index is -0.370. The molecule has 1 aliphatic rings. The number of hydrogen-bond donors (Lipinski definition) is 0. The van der Waals surface area contributed by atoms with E-state index in [0.29, 0.717) is 19.5 Å². The maximum atomic E-state index is 13.4. The summed E-state index contributed by atoms with van der Waals surface area (Å²) < 4.78 is 1.18. The zero-order valence-electron chi connectivity index (χ0n) is 18.3. The fraction of sp³-hybridized carbons (Fsp3) is 0.667. The van der Waals surface area contributed by atoms with Crippen LogP contribution < -0.4 is 0 Å². The van der Waals surface area contributed by atoms with Gasteiger partial charge in [0.05, 0.1) is 0 Å². The lowest BCUT2D eigenvalue weighted by Gasteiger charge is -2.44. The smallest absolute Gasteiger partial charge is 0.246 e. The molecule has 1 heterocycles. The SMILES string of the molecule is CCCCCCCCN1C(=O)[C@@H](Cc2ccc(I)cc2)N(CCCC)C(=O)[C@@H]1C. The van der Waals surface area contributed by atoms with Gasteiger partial charge in [-0.25, -0.2) is 0 Å². The maximum absolute atomic E-state index is 13.4. The van der Waals surface area contributed by atoms with Gasteiger partial charge >= 0.3 is 0 Å². The molecule has 2 rings (SSSR count). The number of halogens is 1. The van der Waals surface area contributed by atoms with Crippen molar-refractivity contribution in [3.63, 3.8) is 0 Å². The van der Waals surface area contributed by atoms with Crippen molar-refractivity contribution in [1.29, 1.82) is 0 Å². The van der Waals surface area contributed by atoms with Crippen LogP contribution in [0.4, 0.5) is 0 Å². The van der Waals surface area contributed by atoms with Crippen molar-refractivity contribution in [3.8, 4) is 0 Å². The Balaban J connectivity index is 2.08. The van der Waals surface area contributed by atoms with Crippen molar-refractivity contribution in [3.05, 3.63) is 33.4 Å². The van der Waals surface area contributed by atoms with Gasteiger partial charge in [0.15, 0.2) is 0 Å². The highest BCUT2D eigenvalue weighted by molar-refractivity contribution is 14.1. The molecule has 0 unspecified atom stereocenters. The molecule has 0 aliphatic carbocycles. The molecule has 0 bridgehead atoms. The molecule has 1 fully saturated rings. The summed E-state index contributed by atoms with van der Waals surface area (Å²) in [5, 5.41) is 0. The van der Waals surface area contributed by atoms with Crippen LogP contribution >= 0.6 is 22.6 Å². The van der Waals surface area contributed by atoms with Crippen LogP contribution in [-0.2, 0) is 16.0 Å². The lowest BCUT2D eigenvalue weighted by atomic mass is 9.97. The molecule has 2 atom stereocenters. The van der Waals surface area contributed by atoms with Gasteiger partial charge in [-0.05, 0) is 60.1 Å². The van der Waals surface area contributed by atoms with Crippen LogP contribution in [0.3, 0.4) is 0 Å². The summed E-state index contributed by atoms with van der Waals surface area (Å²) in [6.07, 6.45) is 9.67. The first-order valence-corrected chi connectivity index (χ1v) is 12.4. The van der Waals surface area contributed by atoms with Crippen LogP contribution in [-0.4, -0.2) is 46.8 Å². The third-order valence-electron chi connectivity index (χ3n) is 5.90. The van der Waals surface area contributed by atoms with Crippen molar-refractivity contribution < 1.29 is 9.59 Å². The topological polar surface area (TPSA) is 40.6 Å². The predicted octanol–water partition coefficient (Wildman–Crippen LogP) is 5.42. The molecule has 0 saturated carbocycles. The number of carbonyl (C=O) groups is 2. The largest absolute Gasteiger partial charge is 0.329 e. The summed E-state index contributed by atoms with van der Waals surface area (Å²) in [7, 11) is 0. The van der Waals surface area contributed by atoms with Gasteiger partial charge in [-0.3, -0.25) is 9.59 Å². The molecule has 4 nitrogen and oxygen atoms in total. The first-order valence-electron chi connectivity index (χ1n) is 11.3. The first-order chi connectivity index (χ1) is 14.0. The average molecular weight is 512 g/mol. The summed E-state index contributed by atoms with van der Waals surface area (Å²) >= 11 is 2.29. The quantitative estimate of drug-likeness (QED) is 0.277. The number of nitrogens with zero attached hydrogens (tertiary/aromatic N) is 2. The highest BCUT2D eigenvalue weighted by atomic mass is 127. The van der Waals surface area contributed by atoms with Crippen LogP contribution in [0.5, 0.6) is 0 Å². The number of unbranched alkanes of at least 4 members (excludes halogenated alkanes) is 6. The van der Waals surface area contributed by atoms with Crippen molar-refractivity contribution in [1.82, 2.24) is 9.80 Å². The molecule has 162 valence electrons. The monoisotopic (exact) mass is 512 g/mol. The summed E-state index contributed by atoms with van der Waals surface area (Å²) in [4.78, 5) is 30.3. The molecule has 1 saturated heterocycles. The maximum Gasteiger partial charge on any atom is 0.246 e. The fourth-order valence-electron chi connectivity index (χ4n) is 4.04. The Morgan fingerprint density at radius 3 is 2.03 bits per heavy atom. The Morgan fingerprint density at radius 2 is 1.38 bits per heavy atom. The lowest BCUT2D eigenvalue weighted by Crippen LogP contribution is -2.64. The molecule has 1 aliphatic heterocycles. The van der Waals surface area contributed by atoms with Gasteiger partial charge in [0, 0.05) is 23.1 Å². The number of amides is 2. The van der Waals surface area contributed by atoms with E-state index in [1.54, 1.807) is 0 Å². The third-order valence-corrected chi connectivity index (χ3v) is 6.62. The molecular formula is C24H37IN2O2. The number of carbonyl (C=O) groups excluding carboxylic acids is 2. The van der Waals surface area contributed by atoms with Gasteiger partial charge in [-0.15, -0.1) is 0 Å². The molecule has 0 radical (unpaired) electrons. The molecule has 2 amide bonds. The number of hydrogen-bond acceptors (Lipinski definition) is 2. The van der Waals surface area contributed by atoms with Crippen molar-refractivity contribution in [2.45, 2.75) is 90.6 Å². The minimum absolute atomic E-state index is 0.111. The molecule has 0 aromatic heterocycles. The van der Waals surface area contributed by atoms with Crippen molar-refractivity contribution >= 4 is 34.4 Å². The zero-order chi connectivity index (χ0) is 21.2. The Hall–Kier alpha value is -1.11. The van der Waals surface area contributed by atoms with Crippen molar-refractivity contribution in [2.75, 3.05) is 13.1 Å². The summed E-state index contributed by atoms with van der Waals surface area (Å²) in [5.74, 6) is 0.236. The van der Waals surface area contributed by atoms with E-state index in [9.17, 15) is 9.59 Å². The number of rotatable bonds is 12. The lowest BCUT2D eigenvalue weighted by molar-refractivity contribution is -0.161. The van der Waals surface area contributed by atoms with Crippen LogP contribution in [0.15, 0.2) is 24.3 Å². The summed E-state index contributed by atoms with van der Waals surface area (Å²) in [6.45, 7) is 7.61. The summed E-state index contributed by atoms with van der Waals surface area (Å²) in [5.41, 5.74) is 1.12. The van der Waals surface area contributed by atoms with Crippen LogP contribution in [0.25, 0.3) is 0 Å². The Labute approximate surface area is 190 Å². The van der Waals surface area contributed by atoms with Crippen molar-refractivity contribution in [2.24, 2.45) is 0 Å². The predicted molar refractivity (Wildman–Crippen MR) is 128 cm³/mol. The first kappa shape index (κ1) is 24.2. The fourth-order valence-corrected chi connectivity index (χ4v) is 4.40. The molecule has 0 N–H and O–H groups in total. The van der Waals surface area contributed by atoms with E-state index in [1.165, 1.54) is 29.3 Å². The van der Waals surface area contributed by atoms with Gasteiger partial charge in [-0.1, -0.05) is 64.5 Å². The van der Waals surface area contributed by atoms with Crippen LogP contribution in [0, 0.1) is 3.57 Å². The average Bonchev–Trinajstić information content (AvgIpc) is 2.72. The molecule has 0 spiro atoms. The number of benzene rings is 1. The van der Waals surface area contributed by atoms with Gasteiger partial charge in [0.25, 0.3) is 0 Å². The van der Waals surface area contributed by atoms with E-state index < -0.39 is 0 Å².